The first-order chi connectivity index (χ1) is 15.8. The van der Waals surface area contributed by atoms with Gasteiger partial charge in [-0.15, -0.1) is 0 Å². The second-order valence-electron chi connectivity index (χ2n) is 8.38. The van der Waals surface area contributed by atoms with Gasteiger partial charge in [0, 0.05) is 5.57 Å². The Morgan fingerprint density at radius 2 is 1.15 bits per heavy atom. The minimum Gasteiger partial charge on any atom is -0.458 e. The summed E-state index contributed by atoms with van der Waals surface area (Å²) in [6.07, 6.45) is 5.23. The molecule has 0 aliphatic heterocycles. The number of esters is 1. The predicted molar refractivity (Wildman–Crippen MR) is 126 cm³/mol. The van der Waals surface area contributed by atoms with Gasteiger partial charge in [0.1, 0.15) is 13.2 Å². The van der Waals surface area contributed by atoms with E-state index in [1.165, 1.54) is 6.92 Å². The van der Waals surface area contributed by atoms with Crippen molar-refractivity contribution in [1.82, 2.24) is 0 Å². The van der Waals surface area contributed by atoms with Gasteiger partial charge in [-0.05, 0) is 31.6 Å². The molecular weight excluding hydrogens is 428 g/mol. The van der Waals surface area contributed by atoms with Crippen LogP contribution in [0.15, 0.2) is 12.2 Å². The second-order valence-corrected chi connectivity index (χ2v) is 8.38. The summed E-state index contributed by atoms with van der Waals surface area (Å²) in [6, 6.07) is 0. The van der Waals surface area contributed by atoms with Crippen LogP contribution >= 0.6 is 0 Å². The zero-order valence-electron chi connectivity index (χ0n) is 21.2. The smallest absolute Gasteiger partial charge is 0.458 e. The average molecular weight is 473 g/mol. The lowest BCUT2D eigenvalue weighted by Crippen LogP contribution is -2.32. The molecule has 0 fully saturated rings. The van der Waals surface area contributed by atoms with Gasteiger partial charge in [0.05, 0.1) is 13.2 Å². The first-order valence-corrected chi connectivity index (χ1v) is 12.2. The van der Waals surface area contributed by atoms with Crippen molar-refractivity contribution in [2.24, 2.45) is 11.8 Å². The zero-order chi connectivity index (χ0) is 25.1. The molecule has 0 aliphatic carbocycles. The van der Waals surface area contributed by atoms with Gasteiger partial charge in [0.2, 0.25) is 0 Å². The van der Waals surface area contributed by atoms with Gasteiger partial charge in [-0.2, -0.15) is 0 Å². The second kappa shape index (κ2) is 19.2. The maximum absolute atomic E-state index is 12.2. The van der Waals surface area contributed by atoms with Crippen LogP contribution in [0.1, 0.15) is 86.0 Å². The zero-order valence-corrected chi connectivity index (χ0v) is 21.2. The van der Waals surface area contributed by atoms with Crippen LogP contribution in [0.4, 0.5) is 9.59 Å². The molecule has 8 nitrogen and oxygen atoms in total. The lowest BCUT2D eigenvalue weighted by molar-refractivity contribution is -0.143. The fraction of sp³-hybridized carbons (Fsp3) is 0.800. The van der Waals surface area contributed by atoms with E-state index in [-0.39, 0.29) is 43.8 Å². The van der Waals surface area contributed by atoms with Crippen LogP contribution in [-0.4, -0.2) is 50.8 Å². The number of hydrogen-bond donors (Lipinski definition) is 0. The van der Waals surface area contributed by atoms with Crippen LogP contribution in [-0.2, 0) is 28.5 Å². The maximum atomic E-state index is 12.2. The van der Waals surface area contributed by atoms with E-state index >= 15 is 0 Å². The van der Waals surface area contributed by atoms with Gasteiger partial charge in [-0.1, -0.05) is 72.8 Å². The molecule has 0 saturated carbocycles. The van der Waals surface area contributed by atoms with E-state index in [0.29, 0.717) is 0 Å². The minimum atomic E-state index is -1.02. The van der Waals surface area contributed by atoms with Gasteiger partial charge in [-0.25, -0.2) is 14.4 Å². The van der Waals surface area contributed by atoms with Crippen molar-refractivity contribution in [3.05, 3.63) is 12.2 Å². The standard InChI is InChI=1S/C25H44O8/c1-7-11-13-20(9-3)15-30-24(27)32-18-22(17-29-23(26)19(5)6)33-25(28)31-16-21(10-4)14-12-8-2/h20-22H,5,7-18H2,1-4,6H3. The van der Waals surface area contributed by atoms with E-state index in [4.69, 9.17) is 23.7 Å². The summed E-state index contributed by atoms with van der Waals surface area (Å²) in [4.78, 5) is 35.8. The molecule has 0 aromatic carbocycles. The first-order valence-electron chi connectivity index (χ1n) is 12.2. The third-order valence-corrected chi connectivity index (χ3v) is 5.36. The van der Waals surface area contributed by atoms with Gasteiger partial charge in [-0.3, -0.25) is 0 Å². The molecule has 0 heterocycles. The van der Waals surface area contributed by atoms with E-state index in [1.807, 2.05) is 13.8 Å². The summed E-state index contributed by atoms with van der Waals surface area (Å²) in [5.41, 5.74) is 0.205. The van der Waals surface area contributed by atoms with Gasteiger partial charge in [0.15, 0.2) is 6.10 Å². The third kappa shape index (κ3) is 16.1. The Morgan fingerprint density at radius 3 is 1.61 bits per heavy atom. The van der Waals surface area contributed by atoms with E-state index in [9.17, 15) is 14.4 Å². The largest absolute Gasteiger partial charge is 0.508 e. The van der Waals surface area contributed by atoms with Crippen LogP contribution in [0.3, 0.4) is 0 Å². The molecule has 192 valence electrons. The molecule has 0 spiro atoms. The summed E-state index contributed by atoms with van der Waals surface area (Å²) >= 11 is 0. The van der Waals surface area contributed by atoms with Crippen molar-refractivity contribution < 1.29 is 38.1 Å². The lowest BCUT2D eigenvalue weighted by Gasteiger charge is -2.20. The van der Waals surface area contributed by atoms with Crippen LogP contribution in [0.25, 0.3) is 0 Å². The number of hydrogen-bond acceptors (Lipinski definition) is 8. The van der Waals surface area contributed by atoms with Crippen LogP contribution in [0.2, 0.25) is 0 Å². The van der Waals surface area contributed by atoms with Gasteiger partial charge < -0.3 is 23.7 Å². The Bertz CT molecular complexity index is 575. The van der Waals surface area contributed by atoms with Crippen molar-refractivity contribution in [1.29, 1.82) is 0 Å². The Kier molecular flexibility index (Phi) is 17.9. The summed E-state index contributed by atoms with van der Waals surface area (Å²) in [5.74, 6) is -0.107. The maximum Gasteiger partial charge on any atom is 0.508 e. The Hall–Kier alpha value is -2.25. The molecular formula is C25H44O8. The van der Waals surface area contributed by atoms with E-state index in [2.05, 4.69) is 20.4 Å². The fourth-order valence-electron chi connectivity index (χ4n) is 2.95. The summed E-state index contributed by atoms with van der Waals surface area (Å²) < 4.78 is 25.8. The highest BCUT2D eigenvalue weighted by molar-refractivity contribution is 5.86. The molecule has 0 aromatic rings. The number of carbonyl (C=O) groups excluding carboxylic acids is 3. The molecule has 0 N–H and O–H groups in total. The number of carbonyl (C=O) groups is 3. The molecule has 0 saturated heterocycles. The Morgan fingerprint density at radius 1 is 0.697 bits per heavy atom. The highest BCUT2D eigenvalue weighted by Crippen LogP contribution is 2.14. The van der Waals surface area contributed by atoms with Crippen molar-refractivity contribution in [2.45, 2.75) is 92.1 Å². The van der Waals surface area contributed by atoms with E-state index in [0.717, 1.165) is 51.4 Å². The monoisotopic (exact) mass is 472 g/mol. The van der Waals surface area contributed by atoms with Crippen molar-refractivity contribution in [3.63, 3.8) is 0 Å². The van der Waals surface area contributed by atoms with Crippen LogP contribution < -0.4 is 0 Å². The van der Waals surface area contributed by atoms with Crippen molar-refractivity contribution in [2.75, 3.05) is 26.4 Å². The predicted octanol–water partition coefficient (Wildman–Crippen LogP) is 6.21. The topological polar surface area (TPSA) is 97.4 Å². The number of rotatable bonds is 18. The summed E-state index contributed by atoms with van der Waals surface area (Å²) in [6.45, 7) is 13.2. The molecule has 3 atom stereocenters. The average Bonchev–Trinajstić information content (AvgIpc) is 2.80. The van der Waals surface area contributed by atoms with Gasteiger partial charge in [0.25, 0.3) is 0 Å². The Labute approximate surface area is 199 Å². The Balaban J connectivity index is 4.68. The molecule has 8 heteroatoms. The van der Waals surface area contributed by atoms with Crippen molar-refractivity contribution in [3.8, 4) is 0 Å². The normalized spacial score (nSPS) is 13.4. The first kappa shape index (κ1) is 30.8. The molecule has 0 bridgehead atoms. The SMILES string of the molecule is C=C(C)C(=O)OCC(COC(=O)OCC(CC)CCCC)OC(=O)OCC(CC)CCCC. The molecule has 0 aliphatic rings. The fourth-order valence-corrected chi connectivity index (χ4v) is 2.95. The molecule has 0 amide bonds. The molecule has 0 radical (unpaired) electrons. The highest BCUT2D eigenvalue weighted by Gasteiger charge is 2.22. The third-order valence-electron chi connectivity index (χ3n) is 5.36. The quantitative estimate of drug-likeness (QED) is 0.132. The summed E-state index contributed by atoms with van der Waals surface area (Å²) in [5, 5.41) is 0. The summed E-state index contributed by atoms with van der Waals surface area (Å²) in [7, 11) is 0. The van der Waals surface area contributed by atoms with Crippen LogP contribution in [0.5, 0.6) is 0 Å². The highest BCUT2D eigenvalue weighted by atomic mass is 16.8. The molecule has 0 rings (SSSR count). The molecule has 3 unspecified atom stereocenters. The lowest BCUT2D eigenvalue weighted by atomic mass is 10.0. The number of unbranched alkanes of at least 4 members (excludes halogenated alkanes) is 2. The number of ether oxygens (including phenoxy) is 5. The minimum absolute atomic E-state index is 0.205. The van der Waals surface area contributed by atoms with E-state index < -0.39 is 24.4 Å². The molecule has 33 heavy (non-hydrogen) atoms. The van der Waals surface area contributed by atoms with E-state index in [1.54, 1.807) is 0 Å². The van der Waals surface area contributed by atoms with Crippen LogP contribution in [0, 0.1) is 11.8 Å². The van der Waals surface area contributed by atoms with Crippen molar-refractivity contribution >= 4 is 18.3 Å². The van der Waals surface area contributed by atoms with Gasteiger partial charge >= 0.3 is 18.3 Å². The molecule has 0 aromatic heterocycles.